The van der Waals surface area contributed by atoms with Gasteiger partial charge in [-0.15, -0.1) is 0 Å². The minimum atomic E-state index is -0.0972. The predicted octanol–water partition coefficient (Wildman–Crippen LogP) is 1.09. The second kappa shape index (κ2) is 5.90. The number of amidine groups is 1. The van der Waals surface area contributed by atoms with E-state index in [0.717, 1.165) is 5.69 Å². The van der Waals surface area contributed by atoms with Gasteiger partial charge in [0.05, 0.1) is 6.61 Å². The van der Waals surface area contributed by atoms with Gasteiger partial charge in [-0.1, -0.05) is 6.07 Å². The molecule has 0 saturated carbocycles. The molecule has 19 heavy (non-hydrogen) atoms. The smallest absolute Gasteiger partial charge is 0.317 e. The molecule has 0 unspecified atom stereocenters. The van der Waals surface area contributed by atoms with Crippen LogP contribution in [-0.2, 0) is 6.42 Å². The molecule has 6 nitrogen and oxygen atoms in total. The summed E-state index contributed by atoms with van der Waals surface area (Å²) in [5, 5.41) is 7.36. The van der Waals surface area contributed by atoms with Crippen LogP contribution in [0.5, 0.6) is 6.01 Å². The lowest BCUT2D eigenvalue weighted by Crippen LogP contribution is -2.15. The van der Waals surface area contributed by atoms with E-state index in [9.17, 15) is 0 Å². The van der Waals surface area contributed by atoms with Crippen LogP contribution in [0.3, 0.4) is 0 Å². The maximum absolute atomic E-state index is 7.36. The molecular weight excluding hydrogens is 242 g/mol. The number of hydrogen-bond acceptors (Lipinski definition) is 5. The van der Waals surface area contributed by atoms with Gasteiger partial charge in [-0.25, -0.2) is 4.98 Å². The van der Waals surface area contributed by atoms with Gasteiger partial charge in [-0.3, -0.25) is 10.4 Å². The Bertz CT molecular complexity index is 571. The van der Waals surface area contributed by atoms with Gasteiger partial charge in [0.1, 0.15) is 11.5 Å². The zero-order valence-corrected chi connectivity index (χ0v) is 10.6. The number of pyridine rings is 1. The Morgan fingerprint density at radius 2 is 2.21 bits per heavy atom. The number of nitrogens with one attached hydrogen (secondary N) is 1. The van der Waals surface area contributed by atoms with Crippen LogP contribution in [0.4, 0.5) is 0 Å². The second-order valence-electron chi connectivity index (χ2n) is 4.01. The van der Waals surface area contributed by atoms with Crippen LogP contribution in [0.15, 0.2) is 30.5 Å². The summed E-state index contributed by atoms with van der Waals surface area (Å²) in [4.78, 5) is 12.4. The van der Waals surface area contributed by atoms with Crippen LogP contribution < -0.4 is 10.5 Å². The standard InChI is InChI=1S/C13H15N5O/c1-9-8-11(12(14)15)18-13(17-9)19-7-5-10-4-2-3-6-16-10/h2-4,6,8H,5,7H2,1H3,(H3,14,15). The number of aryl methyl sites for hydroxylation is 1. The summed E-state index contributed by atoms with van der Waals surface area (Å²) in [6.07, 6.45) is 2.42. The second-order valence-corrected chi connectivity index (χ2v) is 4.01. The molecule has 0 aromatic carbocycles. The van der Waals surface area contributed by atoms with Crippen molar-refractivity contribution in [1.82, 2.24) is 15.0 Å². The van der Waals surface area contributed by atoms with Crippen LogP contribution in [0.1, 0.15) is 17.1 Å². The summed E-state index contributed by atoms with van der Waals surface area (Å²) < 4.78 is 5.47. The highest BCUT2D eigenvalue weighted by Gasteiger charge is 2.05. The highest BCUT2D eigenvalue weighted by molar-refractivity contribution is 5.93. The topological polar surface area (TPSA) is 97.8 Å². The van der Waals surface area contributed by atoms with Gasteiger partial charge in [-0.2, -0.15) is 4.98 Å². The zero-order chi connectivity index (χ0) is 13.7. The number of nitrogen functional groups attached to an aromatic ring is 1. The summed E-state index contributed by atoms with van der Waals surface area (Å²) >= 11 is 0. The molecule has 0 fully saturated rings. The quantitative estimate of drug-likeness (QED) is 0.617. The summed E-state index contributed by atoms with van der Waals surface area (Å²) in [5.74, 6) is -0.0972. The molecule has 0 atom stereocenters. The van der Waals surface area contributed by atoms with Crippen molar-refractivity contribution in [2.45, 2.75) is 13.3 Å². The van der Waals surface area contributed by atoms with Crippen molar-refractivity contribution < 1.29 is 4.74 Å². The maximum atomic E-state index is 7.36. The van der Waals surface area contributed by atoms with Crippen LogP contribution in [0.2, 0.25) is 0 Å². The lowest BCUT2D eigenvalue weighted by molar-refractivity contribution is 0.294. The van der Waals surface area contributed by atoms with Crippen LogP contribution in [-0.4, -0.2) is 27.4 Å². The lowest BCUT2D eigenvalue weighted by atomic mass is 10.3. The Balaban J connectivity index is 1.98. The summed E-state index contributed by atoms with van der Waals surface area (Å²) in [5.41, 5.74) is 7.44. The Kier molecular flexibility index (Phi) is 4.02. The highest BCUT2D eigenvalue weighted by Crippen LogP contribution is 2.07. The van der Waals surface area contributed by atoms with E-state index in [0.29, 0.717) is 24.4 Å². The molecule has 0 radical (unpaired) electrons. The number of ether oxygens (including phenoxy) is 1. The minimum Gasteiger partial charge on any atom is -0.463 e. The third-order valence-electron chi connectivity index (χ3n) is 2.43. The molecule has 2 rings (SSSR count). The van der Waals surface area contributed by atoms with Gasteiger partial charge in [0.25, 0.3) is 0 Å². The van der Waals surface area contributed by atoms with Gasteiger partial charge < -0.3 is 10.5 Å². The highest BCUT2D eigenvalue weighted by atomic mass is 16.5. The zero-order valence-electron chi connectivity index (χ0n) is 10.6. The predicted molar refractivity (Wildman–Crippen MR) is 71.2 cm³/mol. The number of hydrogen-bond donors (Lipinski definition) is 2. The first-order valence-electron chi connectivity index (χ1n) is 5.88. The minimum absolute atomic E-state index is 0.0972. The number of nitrogens with zero attached hydrogens (tertiary/aromatic N) is 3. The summed E-state index contributed by atoms with van der Waals surface area (Å²) in [7, 11) is 0. The Morgan fingerprint density at radius 1 is 1.37 bits per heavy atom. The molecule has 98 valence electrons. The summed E-state index contributed by atoms with van der Waals surface area (Å²) in [6, 6.07) is 7.61. The fourth-order valence-electron chi connectivity index (χ4n) is 1.54. The molecule has 0 bridgehead atoms. The number of nitrogens with two attached hydrogens (primary N) is 1. The first-order chi connectivity index (χ1) is 9.15. The van der Waals surface area contributed by atoms with Crippen molar-refractivity contribution in [1.29, 1.82) is 5.41 Å². The molecule has 2 aromatic rings. The number of aromatic nitrogens is 3. The van der Waals surface area contributed by atoms with Crippen LogP contribution in [0.25, 0.3) is 0 Å². The Morgan fingerprint density at radius 3 is 2.89 bits per heavy atom. The van der Waals surface area contributed by atoms with Gasteiger partial charge in [0.15, 0.2) is 0 Å². The molecule has 6 heteroatoms. The molecule has 0 amide bonds. The van der Waals surface area contributed by atoms with Crippen LogP contribution in [0, 0.1) is 12.3 Å². The van der Waals surface area contributed by atoms with E-state index in [4.69, 9.17) is 15.9 Å². The van der Waals surface area contributed by atoms with Gasteiger partial charge in [0, 0.05) is 24.0 Å². The Hall–Kier alpha value is -2.50. The van der Waals surface area contributed by atoms with E-state index >= 15 is 0 Å². The van der Waals surface area contributed by atoms with Crippen molar-refractivity contribution in [3.63, 3.8) is 0 Å². The molecular formula is C13H15N5O. The third-order valence-corrected chi connectivity index (χ3v) is 2.43. The molecule has 2 aromatic heterocycles. The van der Waals surface area contributed by atoms with Crippen LogP contribution >= 0.6 is 0 Å². The maximum Gasteiger partial charge on any atom is 0.317 e. The monoisotopic (exact) mass is 257 g/mol. The van der Waals surface area contributed by atoms with E-state index in [1.54, 1.807) is 19.2 Å². The molecule has 0 aliphatic carbocycles. The fraction of sp³-hybridized carbons (Fsp3) is 0.231. The van der Waals surface area contributed by atoms with E-state index in [1.807, 2.05) is 18.2 Å². The first-order valence-corrected chi connectivity index (χ1v) is 5.88. The van der Waals surface area contributed by atoms with Crippen molar-refractivity contribution in [3.8, 4) is 6.01 Å². The van der Waals surface area contributed by atoms with Gasteiger partial charge >= 0.3 is 6.01 Å². The van der Waals surface area contributed by atoms with Gasteiger partial charge in [0.2, 0.25) is 0 Å². The average Bonchev–Trinajstić information content (AvgIpc) is 2.39. The van der Waals surface area contributed by atoms with Crippen molar-refractivity contribution in [3.05, 3.63) is 47.5 Å². The lowest BCUT2D eigenvalue weighted by Gasteiger charge is -2.06. The van der Waals surface area contributed by atoms with Crippen molar-refractivity contribution in [2.24, 2.45) is 5.73 Å². The summed E-state index contributed by atoms with van der Waals surface area (Å²) in [6.45, 7) is 2.23. The number of rotatable bonds is 5. The van der Waals surface area contributed by atoms with Crippen molar-refractivity contribution >= 4 is 5.84 Å². The average molecular weight is 257 g/mol. The SMILES string of the molecule is Cc1cc(C(=N)N)nc(OCCc2ccccn2)n1. The van der Waals surface area contributed by atoms with E-state index in [1.165, 1.54) is 0 Å². The Labute approximate surface area is 111 Å². The molecule has 0 aliphatic rings. The molecule has 0 saturated heterocycles. The first kappa shape index (κ1) is 12.9. The normalized spacial score (nSPS) is 10.2. The molecule has 0 aliphatic heterocycles. The molecule has 2 heterocycles. The largest absolute Gasteiger partial charge is 0.463 e. The van der Waals surface area contributed by atoms with Crippen molar-refractivity contribution in [2.75, 3.05) is 6.61 Å². The molecule has 3 N–H and O–H groups in total. The third kappa shape index (κ3) is 3.74. The van der Waals surface area contributed by atoms with Gasteiger partial charge in [-0.05, 0) is 25.1 Å². The molecule has 0 spiro atoms. The fourth-order valence-corrected chi connectivity index (χ4v) is 1.54. The van der Waals surface area contributed by atoms with E-state index in [2.05, 4.69) is 15.0 Å². The van der Waals surface area contributed by atoms with E-state index < -0.39 is 0 Å². The van der Waals surface area contributed by atoms with E-state index in [-0.39, 0.29) is 11.8 Å².